The summed E-state index contributed by atoms with van der Waals surface area (Å²) in [6.07, 6.45) is 2.72. The largest absolute Gasteiger partial charge is 0.346 e. The number of nitrogens with one attached hydrogen (secondary N) is 1. The zero-order valence-electron chi connectivity index (χ0n) is 14.7. The van der Waals surface area contributed by atoms with E-state index in [9.17, 15) is 4.79 Å². The van der Waals surface area contributed by atoms with Crippen molar-refractivity contribution in [3.8, 4) is 0 Å². The molecule has 1 aliphatic heterocycles. The van der Waals surface area contributed by atoms with Gasteiger partial charge in [0.05, 0.1) is 6.04 Å². The summed E-state index contributed by atoms with van der Waals surface area (Å²) in [6.45, 7) is 7.01. The van der Waals surface area contributed by atoms with Crippen molar-refractivity contribution in [2.75, 3.05) is 0 Å². The van der Waals surface area contributed by atoms with Gasteiger partial charge in [0.15, 0.2) is 0 Å². The Bertz CT molecular complexity index is 693. The van der Waals surface area contributed by atoms with Crippen molar-refractivity contribution < 1.29 is 4.79 Å². The Balaban J connectivity index is 1.72. The summed E-state index contributed by atoms with van der Waals surface area (Å²) in [6, 6.07) is 10.2. The summed E-state index contributed by atoms with van der Waals surface area (Å²) in [5.41, 5.74) is 1.20. The van der Waals surface area contributed by atoms with E-state index in [1.54, 1.807) is 0 Å². The summed E-state index contributed by atoms with van der Waals surface area (Å²) in [4.78, 5) is 17.4. The lowest BCUT2D eigenvalue weighted by Crippen LogP contribution is -2.39. The molecule has 24 heavy (non-hydrogen) atoms. The molecule has 1 aromatic heterocycles. The van der Waals surface area contributed by atoms with Gasteiger partial charge >= 0.3 is 0 Å². The highest BCUT2D eigenvalue weighted by Gasteiger charge is 2.29. The molecule has 2 heterocycles. The van der Waals surface area contributed by atoms with Crippen molar-refractivity contribution in [1.82, 2.24) is 20.1 Å². The van der Waals surface area contributed by atoms with Crippen LogP contribution in [0.15, 0.2) is 30.3 Å². The molecule has 1 N–H and O–H groups in total. The van der Waals surface area contributed by atoms with Gasteiger partial charge in [-0.05, 0) is 37.7 Å². The van der Waals surface area contributed by atoms with Crippen molar-refractivity contribution in [2.45, 2.75) is 52.6 Å². The first-order valence-corrected chi connectivity index (χ1v) is 8.80. The number of benzene rings is 1. The van der Waals surface area contributed by atoms with Crippen LogP contribution >= 0.6 is 0 Å². The van der Waals surface area contributed by atoms with E-state index in [1.165, 1.54) is 5.56 Å². The third-order valence-corrected chi connectivity index (χ3v) is 4.74. The molecule has 0 bridgehead atoms. The molecule has 5 heteroatoms. The molecular weight excluding hydrogens is 300 g/mol. The molecule has 0 saturated heterocycles. The van der Waals surface area contributed by atoms with Crippen LogP contribution in [-0.4, -0.2) is 20.7 Å². The molecule has 3 rings (SSSR count). The molecule has 0 radical (unpaired) electrons. The fourth-order valence-electron chi connectivity index (χ4n) is 3.38. The van der Waals surface area contributed by atoms with Crippen LogP contribution in [0.25, 0.3) is 0 Å². The Labute approximate surface area is 143 Å². The molecule has 128 valence electrons. The van der Waals surface area contributed by atoms with E-state index < -0.39 is 0 Å². The number of fused-ring (bicyclic) bond motifs is 1. The average Bonchev–Trinajstić information content (AvgIpc) is 2.94. The average molecular weight is 326 g/mol. The van der Waals surface area contributed by atoms with Gasteiger partial charge in [0.2, 0.25) is 5.91 Å². The normalized spacial score (nSPS) is 18.2. The van der Waals surface area contributed by atoms with E-state index in [-0.39, 0.29) is 23.8 Å². The van der Waals surface area contributed by atoms with E-state index >= 15 is 0 Å². The quantitative estimate of drug-likeness (QED) is 0.918. The predicted molar refractivity (Wildman–Crippen MR) is 93.4 cm³/mol. The van der Waals surface area contributed by atoms with Crippen molar-refractivity contribution in [3.05, 3.63) is 47.5 Å². The van der Waals surface area contributed by atoms with E-state index in [0.29, 0.717) is 0 Å². The third-order valence-electron chi connectivity index (χ3n) is 4.74. The molecule has 2 unspecified atom stereocenters. The number of aromatic nitrogens is 3. The van der Waals surface area contributed by atoms with Gasteiger partial charge in [0, 0.05) is 12.5 Å². The Morgan fingerprint density at radius 1 is 1.33 bits per heavy atom. The highest BCUT2D eigenvalue weighted by atomic mass is 16.2. The lowest BCUT2D eigenvalue weighted by Gasteiger charge is -2.27. The molecule has 2 atom stereocenters. The minimum absolute atomic E-state index is 0.0236. The first-order chi connectivity index (χ1) is 11.5. The Hall–Kier alpha value is -2.17. The number of hydrogen-bond donors (Lipinski definition) is 1. The van der Waals surface area contributed by atoms with Crippen LogP contribution < -0.4 is 5.32 Å². The number of hydrogen-bond acceptors (Lipinski definition) is 3. The van der Waals surface area contributed by atoms with Crippen LogP contribution in [0.5, 0.6) is 0 Å². The summed E-state index contributed by atoms with van der Waals surface area (Å²) < 4.78 is 1.94. The maximum atomic E-state index is 12.9. The van der Waals surface area contributed by atoms with Gasteiger partial charge in [0.25, 0.3) is 0 Å². The molecule has 1 amide bonds. The second-order valence-electron chi connectivity index (χ2n) is 6.98. The molecule has 0 aliphatic carbocycles. The molecule has 0 fully saturated rings. The first-order valence-electron chi connectivity index (χ1n) is 8.80. The monoisotopic (exact) mass is 326 g/mol. The van der Waals surface area contributed by atoms with Gasteiger partial charge in [-0.1, -0.05) is 44.2 Å². The number of carbonyl (C=O) groups excluding carboxylic acids is 1. The minimum Gasteiger partial charge on any atom is -0.346 e. The van der Waals surface area contributed by atoms with Crippen LogP contribution in [0.4, 0.5) is 0 Å². The number of rotatable bonds is 5. The maximum absolute atomic E-state index is 12.9. The maximum Gasteiger partial charge on any atom is 0.224 e. The van der Waals surface area contributed by atoms with Crippen LogP contribution in [0, 0.1) is 18.8 Å². The molecule has 0 saturated carbocycles. The van der Waals surface area contributed by atoms with Gasteiger partial charge in [-0.2, -0.15) is 5.10 Å². The predicted octanol–water partition coefficient (Wildman–Crippen LogP) is 3.05. The number of carbonyl (C=O) groups is 1. The van der Waals surface area contributed by atoms with Crippen molar-refractivity contribution in [2.24, 2.45) is 11.8 Å². The topological polar surface area (TPSA) is 59.8 Å². The number of nitrogens with zero attached hydrogens (tertiary/aromatic N) is 3. The second kappa shape index (κ2) is 7.16. The molecule has 1 aromatic carbocycles. The van der Waals surface area contributed by atoms with Crippen molar-refractivity contribution in [1.29, 1.82) is 0 Å². The Morgan fingerprint density at radius 2 is 2.08 bits per heavy atom. The molecular formula is C19H26N4O. The number of aryl methyl sites for hydroxylation is 2. The lowest BCUT2D eigenvalue weighted by molar-refractivity contribution is -0.127. The zero-order valence-corrected chi connectivity index (χ0v) is 14.7. The van der Waals surface area contributed by atoms with Gasteiger partial charge in [-0.3, -0.25) is 4.79 Å². The Kier molecular flexibility index (Phi) is 4.97. The van der Waals surface area contributed by atoms with Gasteiger partial charge in [0.1, 0.15) is 11.6 Å². The van der Waals surface area contributed by atoms with E-state index in [1.807, 2.05) is 29.8 Å². The van der Waals surface area contributed by atoms with Crippen LogP contribution in [0.1, 0.15) is 49.9 Å². The summed E-state index contributed by atoms with van der Waals surface area (Å²) >= 11 is 0. The minimum atomic E-state index is -0.0354. The summed E-state index contributed by atoms with van der Waals surface area (Å²) in [7, 11) is 0. The van der Waals surface area contributed by atoms with E-state index in [0.717, 1.165) is 37.5 Å². The SMILES string of the molecule is Cc1nc2n(n1)CCCC2NC(=O)C(Cc1ccccc1)C(C)C. The van der Waals surface area contributed by atoms with E-state index in [2.05, 4.69) is 41.4 Å². The molecule has 2 aromatic rings. The Morgan fingerprint density at radius 3 is 2.79 bits per heavy atom. The summed E-state index contributed by atoms with van der Waals surface area (Å²) in [5, 5.41) is 7.64. The van der Waals surface area contributed by atoms with Crippen molar-refractivity contribution >= 4 is 5.91 Å². The molecule has 1 aliphatic rings. The number of amides is 1. The van der Waals surface area contributed by atoms with Crippen LogP contribution in [0.3, 0.4) is 0 Å². The third kappa shape index (κ3) is 3.66. The van der Waals surface area contributed by atoms with E-state index in [4.69, 9.17) is 0 Å². The fourth-order valence-corrected chi connectivity index (χ4v) is 3.38. The van der Waals surface area contributed by atoms with Crippen LogP contribution in [0.2, 0.25) is 0 Å². The lowest BCUT2D eigenvalue weighted by atomic mass is 9.88. The van der Waals surface area contributed by atoms with Gasteiger partial charge < -0.3 is 5.32 Å². The van der Waals surface area contributed by atoms with Crippen LogP contribution in [-0.2, 0) is 17.8 Å². The fraction of sp³-hybridized carbons (Fsp3) is 0.526. The standard InChI is InChI=1S/C19H26N4O/c1-13(2)16(12-15-8-5-4-6-9-15)19(24)21-17-10-7-11-23-18(17)20-14(3)22-23/h4-6,8-9,13,16-17H,7,10-12H2,1-3H3,(H,21,24). The van der Waals surface area contributed by atoms with Gasteiger partial charge in [-0.15, -0.1) is 0 Å². The van der Waals surface area contributed by atoms with Gasteiger partial charge in [-0.25, -0.2) is 9.67 Å². The van der Waals surface area contributed by atoms with Crippen molar-refractivity contribution in [3.63, 3.8) is 0 Å². The highest BCUT2D eigenvalue weighted by Crippen LogP contribution is 2.25. The second-order valence-corrected chi connectivity index (χ2v) is 6.98. The highest BCUT2D eigenvalue weighted by molar-refractivity contribution is 5.79. The molecule has 5 nitrogen and oxygen atoms in total. The zero-order chi connectivity index (χ0) is 17.1. The first kappa shape index (κ1) is 16.7. The summed E-state index contributed by atoms with van der Waals surface area (Å²) in [5.74, 6) is 2.04. The molecule has 0 spiro atoms. The smallest absolute Gasteiger partial charge is 0.224 e.